The van der Waals surface area contributed by atoms with Crippen molar-refractivity contribution >= 4 is 5.91 Å². The van der Waals surface area contributed by atoms with Gasteiger partial charge in [0.15, 0.2) is 0 Å². The lowest BCUT2D eigenvalue weighted by Crippen LogP contribution is -2.28. The fraction of sp³-hybridized carbons (Fsp3) is 0.700. The topological polar surface area (TPSA) is 29.5 Å². The third-order valence-electron chi connectivity index (χ3n) is 2.43. The van der Waals surface area contributed by atoms with E-state index in [1.165, 1.54) is 0 Å². The van der Waals surface area contributed by atoms with Crippen molar-refractivity contribution in [3.63, 3.8) is 0 Å². The molecule has 2 saturated heterocycles. The van der Waals surface area contributed by atoms with Gasteiger partial charge < -0.3 is 9.64 Å². The van der Waals surface area contributed by atoms with Crippen LogP contribution in [0.2, 0.25) is 0 Å². The van der Waals surface area contributed by atoms with Crippen LogP contribution in [0, 0.1) is 11.8 Å². The van der Waals surface area contributed by atoms with Gasteiger partial charge in [0, 0.05) is 19.5 Å². The zero-order chi connectivity index (χ0) is 9.10. The number of amides is 1. The summed E-state index contributed by atoms with van der Waals surface area (Å²) in [6.45, 7) is 2.54. The Labute approximate surface area is 78.0 Å². The number of hydrogen-bond donors (Lipinski definition) is 0. The highest BCUT2D eigenvalue weighted by atomic mass is 16.5. The summed E-state index contributed by atoms with van der Waals surface area (Å²) in [6.07, 6.45) is 3.23. The molecule has 3 nitrogen and oxygen atoms in total. The first-order valence-corrected chi connectivity index (χ1v) is 4.78. The normalized spacial score (nSPS) is 26.2. The summed E-state index contributed by atoms with van der Waals surface area (Å²) in [6, 6.07) is 0. The Morgan fingerprint density at radius 2 is 2.08 bits per heavy atom. The summed E-state index contributed by atoms with van der Waals surface area (Å²) in [4.78, 5) is 13.2. The molecule has 0 radical (unpaired) electrons. The quantitative estimate of drug-likeness (QED) is 0.504. The molecule has 70 valence electrons. The zero-order valence-corrected chi connectivity index (χ0v) is 7.58. The monoisotopic (exact) mass is 179 g/mol. The Balaban J connectivity index is 1.84. The van der Waals surface area contributed by atoms with Crippen LogP contribution >= 0.6 is 0 Å². The smallest absolute Gasteiger partial charge is 0.298 e. The van der Waals surface area contributed by atoms with Crippen molar-refractivity contribution in [1.82, 2.24) is 4.90 Å². The minimum absolute atomic E-state index is 0.0200. The molecule has 1 amide bonds. The molecule has 0 aromatic rings. The molecule has 2 rings (SSSR count). The van der Waals surface area contributed by atoms with E-state index in [0.717, 1.165) is 39.0 Å². The van der Waals surface area contributed by atoms with E-state index in [-0.39, 0.29) is 12.0 Å². The number of carbonyl (C=O) groups is 1. The van der Waals surface area contributed by atoms with Gasteiger partial charge in [0.1, 0.15) is 6.10 Å². The van der Waals surface area contributed by atoms with Gasteiger partial charge in [-0.25, -0.2) is 0 Å². The molecule has 1 atom stereocenters. The maximum Gasteiger partial charge on any atom is 0.298 e. The van der Waals surface area contributed by atoms with Crippen LogP contribution in [-0.2, 0) is 9.53 Å². The Morgan fingerprint density at radius 3 is 2.62 bits per heavy atom. The maximum absolute atomic E-state index is 11.4. The van der Waals surface area contributed by atoms with Crippen molar-refractivity contribution in [3.05, 3.63) is 0 Å². The molecule has 2 fully saturated rings. The van der Waals surface area contributed by atoms with Gasteiger partial charge in [-0.1, -0.05) is 5.92 Å². The van der Waals surface area contributed by atoms with Gasteiger partial charge in [-0.2, -0.15) is 0 Å². The van der Waals surface area contributed by atoms with Crippen molar-refractivity contribution in [2.45, 2.75) is 25.4 Å². The number of likely N-dealkylation sites (tertiary alicyclic amines) is 1. The number of rotatable bonds is 0. The van der Waals surface area contributed by atoms with E-state index < -0.39 is 0 Å². The first-order chi connectivity index (χ1) is 6.36. The predicted octanol–water partition coefficient (Wildman–Crippen LogP) is 0.401. The second-order valence-corrected chi connectivity index (χ2v) is 3.42. The minimum atomic E-state index is -0.0343. The van der Waals surface area contributed by atoms with Crippen molar-refractivity contribution in [1.29, 1.82) is 0 Å². The van der Waals surface area contributed by atoms with Crippen LogP contribution in [-0.4, -0.2) is 36.6 Å². The number of ether oxygens (including phenoxy) is 1. The highest BCUT2D eigenvalue weighted by molar-refractivity contribution is 5.93. The molecular weight excluding hydrogens is 166 g/mol. The molecule has 0 saturated carbocycles. The number of nitrogens with zero attached hydrogens (tertiary/aromatic N) is 1. The average molecular weight is 179 g/mol. The summed E-state index contributed by atoms with van der Waals surface area (Å²) >= 11 is 0. The molecule has 2 aliphatic rings. The highest BCUT2D eigenvalue weighted by Crippen LogP contribution is 2.09. The van der Waals surface area contributed by atoms with Gasteiger partial charge in [0.05, 0.1) is 6.61 Å². The summed E-state index contributed by atoms with van der Waals surface area (Å²) in [5, 5.41) is 0. The van der Waals surface area contributed by atoms with Crippen LogP contribution in [0.3, 0.4) is 0 Å². The van der Waals surface area contributed by atoms with Crippen LogP contribution in [0.25, 0.3) is 0 Å². The van der Waals surface area contributed by atoms with E-state index in [0.29, 0.717) is 0 Å². The van der Waals surface area contributed by atoms with Crippen molar-refractivity contribution < 1.29 is 9.53 Å². The van der Waals surface area contributed by atoms with Gasteiger partial charge in [0.25, 0.3) is 5.91 Å². The Bertz CT molecular complexity index is 254. The Morgan fingerprint density at radius 1 is 1.38 bits per heavy atom. The number of hydrogen-bond acceptors (Lipinski definition) is 2. The van der Waals surface area contributed by atoms with E-state index in [2.05, 4.69) is 11.8 Å². The fourth-order valence-corrected chi connectivity index (χ4v) is 1.49. The van der Waals surface area contributed by atoms with Gasteiger partial charge in [0.2, 0.25) is 0 Å². The predicted molar refractivity (Wildman–Crippen MR) is 47.9 cm³/mol. The lowest BCUT2D eigenvalue weighted by molar-refractivity contribution is -0.124. The molecule has 0 N–H and O–H groups in total. The van der Waals surface area contributed by atoms with E-state index in [1.54, 1.807) is 0 Å². The minimum Gasteiger partial charge on any atom is -0.365 e. The van der Waals surface area contributed by atoms with E-state index in [4.69, 9.17) is 4.74 Å². The SMILES string of the molecule is O=C(C#C[C@H]1CCO1)N1CCCC1. The van der Waals surface area contributed by atoms with Crippen molar-refractivity contribution in [2.75, 3.05) is 19.7 Å². The summed E-state index contributed by atoms with van der Waals surface area (Å²) in [7, 11) is 0. The van der Waals surface area contributed by atoms with E-state index in [1.807, 2.05) is 4.90 Å². The standard InChI is InChI=1S/C10H13NO2/c12-10(11-6-1-2-7-11)4-3-9-5-8-13-9/h9H,1-2,5-8H2/t9-/m0/s1. The van der Waals surface area contributed by atoms with Gasteiger partial charge in [-0.15, -0.1) is 0 Å². The highest BCUT2D eigenvalue weighted by Gasteiger charge is 2.18. The first kappa shape index (κ1) is 8.58. The Kier molecular flexibility index (Phi) is 2.51. The molecule has 0 unspecified atom stereocenters. The summed E-state index contributed by atoms with van der Waals surface area (Å²) in [5.41, 5.74) is 0. The maximum atomic E-state index is 11.4. The summed E-state index contributed by atoms with van der Waals surface area (Å²) in [5.74, 6) is 5.44. The third-order valence-corrected chi connectivity index (χ3v) is 2.43. The van der Waals surface area contributed by atoms with Crippen molar-refractivity contribution in [3.8, 4) is 11.8 Å². The van der Waals surface area contributed by atoms with Crippen LogP contribution in [0.4, 0.5) is 0 Å². The molecule has 3 heteroatoms. The fourth-order valence-electron chi connectivity index (χ4n) is 1.49. The first-order valence-electron chi connectivity index (χ1n) is 4.78. The van der Waals surface area contributed by atoms with Crippen molar-refractivity contribution in [2.24, 2.45) is 0 Å². The van der Waals surface area contributed by atoms with Crippen LogP contribution < -0.4 is 0 Å². The van der Waals surface area contributed by atoms with E-state index in [9.17, 15) is 4.79 Å². The van der Waals surface area contributed by atoms with Gasteiger partial charge >= 0.3 is 0 Å². The second-order valence-electron chi connectivity index (χ2n) is 3.42. The average Bonchev–Trinajstić information content (AvgIpc) is 2.52. The molecular formula is C10H13NO2. The largest absolute Gasteiger partial charge is 0.365 e. The molecule has 0 bridgehead atoms. The van der Waals surface area contributed by atoms with Crippen LogP contribution in [0.1, 0.15) is 19.3 Å². The van der Waals surface area contributed by atoms with Gasteiger partial charge in [-0.3, -0.25) is 4.79 Å². The summed E-state index contributed by atoms with van der Waals surface area (Å²) < 4.78 is 5.10. The van der Waals surface area contributed by atoms with E-state index >= 15 is 0 Å². The third kappa shape index (κ3) is 2.02. The molecule has 0 aliphatic carbocycles. The van der Waals surface area contributed by atoms with Crippen LogP contribution in [0.5, 0.6) is 0 Å². The lowest BCUT2D eigenvalue weighted by atomic mass is 10.2. The molecule has 13 heavy (non-hydrogen) atoms. The molecule has 0 spiro atoms. The molecule has 2 aliphatic heterocycles. The lowest BCUT2D eigenvalue weighted by Gasteiger charge is -2.20. The van der Waals surface area contributed by atoms with Crippen LogP contribution in [0.15, 0.2) is 0 Å². The molecule has 0 aromatic carbocycles. The second kappa shape index (κ2) is 3.80. The Hall–Kier alpha value is -1.01. The zero-order valence-electron chi connectivity index (χ0n) is 7.58. The number of carbonyl (C=O) groups excluding carboxylic acids is 1. The van der Waals surface area contributed by atoms with Gasteiger partial charge in [-0.05, 0) is 18.8 Å². The molecule has 2 heterocycles. The molecule has 0 aromatic heterocycles.